The third-order valence-corrected chi connectivity index (χ3v) is 4.60. The van der Waals surface area contributed by atoms with Gasteiger partial charge >= 0.3 is 0 Å². The SMILES string of the molecule is Cc1c(C(=O)NC2CCCC2CN)cnn1-c1ccc(F)cc1.Cl. The van der Waals surface area contributed by atoms with Gasteiger partial charge in [-0.2, -0.15) is 5.10 Å². The average molecular weight is 353 g/mol. The second kappa shape index (κ2) is 7.77. The van der Waals surface area contributed by atoms with E-state index in [0.29, 0.717) is 18.0 Å². The zero-order valence-electron chi connectivity index (χ0n) is 13.5. The van der Waals surface area contributed by atoms with E-state index in [4.69, 9.17) is 5.73 Å². The molecule has 130 valence electrons. The minimum Gasteiger partial charge on any atom is -0.349 e. The van der Waals surface area contributed by atoms with Crippen LogP contribution < -0.4 is 11.1 Å². The topological polar surface area (TPSA) is 72.9 Å². The molecule has 2 aromatic rings. The first-order valence-electron chi connectivity index (χ1n) is 7.91. The van der Waals surface area contributed by atoms with Crippen molar-refractivity contribution in [1.82, 2.24) is 15.1 Å². The quantitative estimate of drug-likeness (QED) is 0.888. The molecule has 24 heavy (non-hydrogen) atoms. The van der Waals surface area contributed by atoms with E-state index in [9.17, 15) is 9.18 Å². The normalized spacial score (nSPS) is 19.8. The zero-order chi connectivity index (χ0) is 16.4. The number of nitrogens with zero attached hydrogens (tertiary/aromatic N) is 2. The summed E-state index contributed by atoms with van der Waals surface area (Å²) in [4.78, 5) is 12.5. The minimum absolute atomic E-state index is 0. The van der Waals surface area contributed by atoms with Gasteiger partial charge in [-0.25, -0.2) is 9.07 Å². The molecule has 1 fully saturated rings. The standard InChI is InChI=1S/C17H21FN4O.ClH/c1-11-15(17(23)21-16-4-2-3-12(16)9-19)10-20-22(11)14-7-5-13(18)6-8-14;/h5-8,10,12,16H,2-4,9,19H2,1H3,(H,21,23);1H. The fourth-order valence-corrected chi connectivity index (χ4v) is 3.23. The maximum absolute atomic E-state index is 13.0. The molecule has 1 aliphatic carbocycles. The highest BCUT2D eigenvalue weighted by molar-refractivity contribution is 5.95. The summed E-state index contributed by atoms with van der Waals surface area (Å²) in [6.07, 6.45) is 4.69. The predicted molar refractivity (Wildman–Crippen MR) is 93.2 cm³/mol. The van der Waals surface area contributed by atoms with E-state index in [2.05, 4.69) is 10.4 Å². The van der Waals surface area contributed by atoms with Crippen molar-refractivity contribution in [3.8, 4) is 5.69 Å². The second-order valence-electron chi connectivity index (χ2n) is 6.04. The molecule has 1 aromatic carbocycles. The van der Waals surface area contributed by atoms with Crippen molar-refractivity contribution >= 4 is 18.3 Å². The van der Waals surface area contributed by atoms with Gasteiger partial charge < -0.3 is 11.1 Å². The van der Waals surface area contributed by atoms with Crippen LogP contribution in [0, 0.1) is 18.7 Å². The Morgan fingerprint density at radius 2 is 2.08 bits per heavy atom. The van der Waals surface area contributed by atoms with E-state index in [0.717, 1.165) is 30.6 Å². The summed E-state index contributed by atoms with van der Waals surface area (Å²) in [5.74, 6) is -0.0711. The number of hydrogen-bond acceptors (Lipinski definition) is 3. The van der Waals surface area contributed by atoms with Crippen molar-refractivity contribution in [2.75, 3.05) is 6.54 Å². The Balaban J connectivity index is 0.00000208. The van der Waals surface area contributed by atoms with Crippen molar-refractivity contribution in [3.05, 3.63) is 47.5 Å². The van der Waals surface area contributed by atoms with E-state index in [1.54, 1.807) is 23.0 Å². The number of aromatic nitrogens is 2. The Hall–Kier alpha value is -1.92. The third kappa shape index (κ3) is 3.60. The van der Waals surface area contributed by atoms with Gasteiger partial charge in [0.25, 0.3) is 5.91 Å². The van der Waals surface area contributed by atoms with Crippen LogP contribution in [0.3, 0.4) is 0 Å². The summed E-state index contributed by atoms with van der Waals surface area (Å²) in [6.45, 7) is 2.43. The van der Waals surface area contributed by atoms with Gasteiger partial charge in [-0.1, -0.05) is 6.42 Å². The molecule has 1 amide bonds. The number of rotatable bonds is 4. The molecule has 2 unspecified atom stereocenters. The summed E-state index contributed by atoms with van der Waals surface area (Å²) in [6, 6.07) is 6.17. The molecule has 0 radical (unpaired) electrons. The van der Waals surface area contributed by atoms with E-state index >= 15 is 0 Å². The lowest BCUT2D eigenvalue weighted by Gasteiger charge is -2.19. The van der Waals surface area contributed by atoms with Crippen molar-refractivity contribution < 1.29 is 9.18 Å². The molecule has 3 N–H and O–H groups in total. The molecule has 7 heteroatoms. The highest BCUT2D eigenvalue weighted by atomic mass is 35.5. The van der Waals surface area contributed by atoms with Gasteiger partial charge in [-0.05, 0) is 56.5 Å². The lowest BCUT2D eigenvalue weighted by atomic mass is 10.0. The van der Waals surface area contributed by atoms with Gasteiger partial charge in [-0.15, -0.1) is 12.4 Å². The summed E-state index contributed by atoms with van der Waals surface area (Å²) in [5.41, 5.74) is 7.76. The monoisotopic (exact) mass is 352 g/mol. The van der Waals surface area contributed by atoms with Gasteiger partial charge in [0, 0.05) is 6.04 Å². The van der Waals surface area contributed by atoms with Crippen LogP contribution in [0.2, 0.25) is 0 Å². The van der Waals surface area contributed by atoms with Crippen LogP contribution in [0.1, 0.15) is 35.3 Å². The fourth-order valence-electron chi connectivity index (χ4n) is 3.23. The smallest absolute Gasteiger partial charge is 0.254 e. The summed E-state index contributed by atoms with van der Waals surface area (Å²) in [7, 11) is 0. The summed E-state index contributed by atoms with van der Waals surface area (Å²) in [5, 5.41) is 7.34. The van der Waals surface area contributed by atoms with Crippen molar-refractivity contribution in [2.24, 2.45) is 11.7 Å². The van der Waals surface area contributed by atoms with Crippen molar-refractivity contribution in [1.29, 1.82) is 0 Å². The van der Waals surface area contributed by atoms with Gasteiger partial charge in [0.2, 0.25) is 0 Å². The van der Waals surface area contributed by atoms with E-state index in [1.165, 1.54) is 12.1 Å². The summed E-state index contributed by atoms with van der Waals surface area (Å²) < 4.78 is 14.7. The molecule has 1 saturated carbocycles. The first-order chi connectivity index (χ1) is 11.1. The molecule has 3 rings (SSSR count). The molecule has 0 saturated heterocycles. The Bertz CT molecular complexity index is 701. The van der Waals surface area contributed by atoms with Gasteiger partial charge in [0.15, 0.2) is 0 Å². The number of nitrogens with two attached hydrogens (primary N) is 1. The van der Waals surface area contributed by atoms with Crippen molar-refractivity contribution in [2.45, 2.75) is 32.2 Å². The van der Waals surface area contributed by atoms with Gasteiger partial charge in [-0.3, -0.25) is 4.79 Å². The molecule has 1 heterocycles. The zero-order valence-corrected chi connectivity index (χ0v) is 14.4. The van der Waals surface area contributed by atoms with E-state index in [1.807, 2.05) is 6.92 Å². The van der Waals surface area contributed by atoms with Crippen LogP contribution in [0.15, 0.2) is 30.5 Å². The Morgan fingerprint density at radius 1 is 1.38 bits per heavy atom. The molecule has 2 atom stereocenters. The van der Waals surface area contributed by atoms with Crippen LogP contribution in [0.25, 0.3) is 5.69 Å². The first kappa shape index (κ1) is 18.4. The maximum Gasteiger partial charge on any atom is 0.254 e. The number of carbonyl (C=O) groups is 1. The number of carbonyl (C=O) groups excluding carboxylic acids is 1. The molecule has 0 aliphatic heterocycles. The fraction of sp³-hybridized carbons (Fsp3) is 0.412. The highest BCUT2D eigenvalue weighted by Gasteiger charge is 2.28. The molecule has 5 nitrogen and oxygen atoms in total. The Kier molecular flexibility index (Phi) is 5.96. The number of hydrogen-bond donors (Lipinski definition) is 2. The Morgan fingerprint density at radius 3 is 2.75 bits per heavy atom. The maximum atomic E-state index is 13.0. The Labute approximate surface area is 146 Å². The number of amides is 1. The van der Waals surface area contributed by atoms with Crippen molar-refractivity contribution in [3.63, 3.8) is 0 Å². The average Bonchev–Trinajstić information content (AvgIpc) is 3.14. The number of benzene rings is 1. The van der Waals surface area contributed by atoms with Crippen LogP contribution in [0.4, 0.5) is 4.39 Å². The van der Waals surface area contributed by atoms with Crippen LogP contribution >= 0.6 is 12.4 Å². The van der Waals surface area contributed by atoms with Crippen LogP contribution in [-0.2, 0) is 0 Å². The molecule has 0 spiro atoms. The molecular weight excluding hydrogens is 331 g/mol. The van der Waals surface area contributed by atoms with Gasteiger partial charge in [0.05, 0.1) is 23.1 Å². The van der Waals surface area contributed by atoms with Crippen LogP contribution in [0.5, 0.6) is 0 Å². The largest absolute Gasteiger partial charge is 0.349 e. The first-order valence-corrected chi connectivity index (χ1v) is 7.91. The minimum atomic E-state index is -0.300. The molecule has 1 aliphatic rings. The third-order valence-electron chi connectivity index (χ3n) is 4.60. The number of halogens is 2. The molecule has 1 aromatic heterocycles. The molecular formula is C17H22ClFN4O. The van der Waals surface area contributed by atoms with Gasteiger partial charge in [0.1, 0.15) is 5.82 Å². The van der Waals surface area contributed by atoms with E-state index in [-0.39, 0.29) is 30.2 Å². The van der Waals surface area contributed by atoms with Crippen LogP contribution in [-0.4, -0.2) is 28.3 Å². The second-order valence-corrected chi connectivity index (χ2v) is 6.04. The number of nitrogens with one attached hydrogen (secondary N) is 1. The molecule has 0 bridgehead atoms. The highest BCUT2D eigenvalue weighted by Crippen LogP contribution is 2.25. The van der Waals surface area contributed by atoms with E-state index < -0.39 is 0 Å². The lowest BCUT2D eigenvalue weighted by molar-refractivity contribution is 0.0928. The predicted octanol–water partition coefficient (Wildman–Crippen LogP) is 2.60. The lowest BCUT2D eigenvalue weighted by Crippen LogP contribution is -2.40. The summed E-state index contributed by atoms with van der Waals surface area (Å²) >= 11 is 0.